The molecule has 5 nitrogen and oxygen atoms in total. The highest BCUT2D eigenvalue weighted by molar-refractivity contribution is 14.1. The number of rotatable bonds is 3. The highest BCUT2D eigenvalue weighted by Crippen LogP contribution is 2.18. The van der Waals surface area contributed by atoms with Crippen molar-refractivity contribution in [1.29, 1.82) is 0 Å². The molecule has 0 saturated carbocycles. The van der Waals surface area contributed by atoms with Crippen molar-refractivity contribution in [3.63, 3.8) is 0 Å². The second-order valence-corrected chi connectivity index (χ2v) is 7.32. The Balaban J connectivity index is 2.01. The van der Waals surface area contributed by atoms with Crippen LogP contribution in [0.5, 0.6) is 0 Å². The second-order valence-electron chi connectivity index (χ2n) is 4.47. The number of benzene rings is 1. The molecule has 1 atom stereocenters. The van der Waals surface area contributed by atoms with Gasteiger partial charge in [0.2, 0.25) is 0 Å². The van der Waals surface area contributed by atoms with E-state index < -0.39 is 16.2 Å². The summed E-state index contributed by atoms with van der Waals surface area (Å²) in [5.74, 6) is -0.0870. The molecular weight excluding hydrogens is 381 g/mol. The average Bonchev–Trinajstić information content (AvgIpc) is 2.75. The maximum Gasteiger partial charge on any atom is 0.264 e. The largest absolute Gasteiger partial charge is 0.336 e. The smallest absolute Gasteiger partial charge is 0.264 e. The Morgan fingerprint density at radius 1 is 1.37 bits per heavy atom. The molecule has 0 unspecified atom stereocenters. The minimum atomic E-state index is -3.47. The van der Waals surface area contributed by atoms with Gasteiger partial charge in [-0.1, -0.05) is 0 Å². The summed E-state index contributed by atoms with van der Waals surface area (Å²) in [7, 11) is -3.47. The number of nitrogens with zero attached hydrogens (tertiary/aromatic N) is 1. The number of carbonyl (C=O) groups is 1. The molecule has 1 amide bonds. The Hall–Kier alpha value is -0.670. The molecule has 7 heteroatoms. The SMILES string of the molecule is CS(=O)(=O)O[C@@H]1CCN(C(=O)c2ccc(I)cc2)C1. The topological polar surface area (TPSA) is 63.7 Å². The van der Waals surface area contributed by atoms with Crippen LogP contribution in [0.2, 0.25) is 0 Å². The van der Waals surface area contributed by atoms with Crippen LogP contribution in [0.3, 0.4) is 0 Å². The van der Waals surface area contributed by atoms with Gasteiger partial charge in [-0.3, -0.25) is 8.98 Å². The van der Waals surface area contributed by atoms with Crippen LogP contribution in [-0.4, -0.2) is 44.7 Å². The highest BCUT2D eigenvalue weighted by atomic mass is 127. The summed E-state index contributed by atoms with van der Waals surface area (Å²) in [5, 5.41) is 0. The maximum atomic E-state index is 12.2. The molecule has 0 spiro atoms. The van der Waals surface area contributed by atoms with Crippen LogP contribution in [0.4, 0.5) is 0 Å². The van der Waals surface area contributed by atoms with Crippen LogP contribution >= 0.6 is 22.6 Å². The van der Waals surface area contributed by atoms with Gasteiger partial charge in [0.05, 0.1) is 12.4 Å². The van der Waals surface area contributed by atoms with Gasteiger partial charge < -0.3 is 4.90 Å². The minimum absolute atomic E-state index is 0.0870. The fraction of sp³-hybridized carbons (Fsp3) is 0.417. The Labute approximate surface area is 126 Å². The summed E-state index contributed by atoms with van der Waals surface area (Å²) in [6.07, 6.45) is 1.14. The summed E-state index contributed by atoms with van der Waals surface area (Å²) in [6, 6.07) is 7.28. The lowest BCUT2D eigenvalue weighted by atomic mass is 10.2. The second kappa shape index (κ2) is 5.76. The number of hydrogen-bond donors (Lipinski definition) is 0. The molecule has 1 fully saturated rings. The lowest BCUT2D eigenvalue weighted by Gasteiger charge is -2.16. The van der Waals surface area contributed by atoms with Crippen LogP contribution in [0.25, 0.3) is 0 Å². The molecule has 1 aromatic carbocycles. The fourth-order valence-corrected chi connectivity index (χ4v) is 3.02. The van der Waals surface area contributed by atoms with E-state index in [-0.39, 0.29) is 5.91 Å². The van der Waals surface area contributed by atoms with Crippen LogP contribution in [0, 0.1) is 3.57 Å². The number of hydrogen-bond acceptors (Lipinski definition) is 4. The molecule has 104 valence electrons. The van der Waals surface area contributed by atoms with Crippen molar-refractivity contribution in [3.8, 4) is 0 Å². The monoisotopic (exact) mass is 395 g/mol. The molecule has 1 saturated heterocycles. The standard InChI is InChI=1S/C12H14INO4S/c1-19(16,17)18-11-6-7-14(8-11)12(15)9-2-4-10(13)5-3-9/h2-5,11H,6-8H2,1H3/t11-/m1/s1. The van der Waals surface area contributed by atoms with Crippen molar-refractivity contribution in [1.82, 2.24) is 4.90 Å². The van der Waals surface area contributed by atoms with Crippen molar-refractivity contribution in [2.45, 2.75) is 12.5 Å². The zero-order valence-corrected chi connectivity index (χ0v) is 13.3. The highest BCUT2D eigenvalue weighted by Gasteiger charge is 2.29. The number of carbonyl (C=O) groups excluding carboxylic acids is 1. The van der Waals surface area contributed by atoms with E-state index >= 15 is 0 Å². The van der Waals surface area contributed by atoms with Gasteiger partial charge in [-0.05, 0) is 53.3 Å². The van der Waals surface area contributed by atoms with Gasteiger partial charge in [0.1, 0.15) is 0 Å². The van der Waals surface area contributed by atoms with Crippen LogP contribution < -0.4 is 0 Å². The fourth-order valence-electron chi connectivity index (χ4n) is 2.01. The van der Waals surface area contributed by atoms with E-state index in [9.17, 15) is 13.2 Å². The van der Waals surface area contributed by atoms with Gasteiger partial charge >= 0.3 is 0 Å². The number of halogens is 1. The van der Waals surface area contributed by atoms with Crippen LogP contribution in [-0.2, 0) is 14.3 Å². The first-order chi connectivity index (χ1) is 8.85. The Morgan fingerprint density at radius 2 is 2.00 bits per heavy atom. The van der Waals surface area contributed by atoms with Crippen LogP contribution in [0.1, 0.15) is 16.8 Å². The molecule has 0 aliphatic carbocycles. The van der Waals surface area contributed by atoms with E-state index in [1.54, 1.807) is 17.0 Å². The van der Waals surface area contributed by atoms with Gasteiger partial charge in [0.25, 0.3) is 16.0 Å². The summed E-state index contributed by atoms with van der Waals surface area (Å²) in [6.45, 7) is 0.836. The van der Waals surface area contributed by atoms with E-state index in [4.69, 9.17) is 4.18 Å². The average molecular weight is 395 g/mol. The molecular formula is C12H14INO4S. The molecule has 1 heterocycles. The van der Waals surface area contributed by atoms with E-state index in [1.165, 1.54) is 0 Å². The third kappa shape index (κ3) is 4.15. The summed E-state index contributed by atoms with van der Waals surface area (Å²) in [4.78, 5) is 13.8. The molecule has 2 rings (SSSR count). The van der Waals surface area contributed by atoms with E-state index in [2.05, 4.69) is 22.6 Å². The molecule has 1 aliphatic rings. The Bertz CT molecular complexity index is 570. The lowest BCUT2D eigenvalue weighted by Crippen LogP contribution is -2.30. The van der Waals surface area contributed by atoms with Crippen molar-refractivity contribution >= 4 is 38.6 Å². The third-order valence-electron chi connectivity index (χ3n) is 2.83. The van der Waals surface area contributed by atoms with Crippen molar-refractivity contribution in [3.05, 3.63) is 33.4 Å². The number of likely N-dealkylation sites (tertiary alicyclic amines) is 1. The van der Waals surface area contributed by atoms with Crippen molar-refractivity contribution in [2.24, 2.45) is 0 Å². The van der Waals surface area contributed by atoms with Gasteiger partial charge in [-0.15, -0.1) is 0 Å². The van der Waals surface area contributed by atoms with Gasteiger partial charge in [-0.25, -0.2) is 0 Å². The maximum absolute atomic E-state index is 12.2. The number of amides is 1. The lowest BCUT2D eigenvalue weighted by molar-refractivity contribution is 0.0773. The minimum Gasteiger partial charge on any atom is -0.336 e. The third-order valence-corrected chi connectivity index (χ3v) is 4.18. The molecule has 0 radical (unpaired) electrons. The quantitative estimate of drug-likeness (QED) is 0.575. The molecule has 1 aliphatic heterocycles. The summed E-state index contributed by atoms with van der Waals surface area (Å²) < 4.78 is 28.1. The first-order valence-electron chi connectivity index (χ1n) is 5.78. The molecule has 0 N–H and O–H groups in total. The van der Waals surface area contributed by atoms with Gasteiger partial charge in [0, 0.05) is 22.2 Å². The molecule has 1 aromatic rings. The molecule has 19 heavy (non-hydrogen) atoms. The van der Waals surface area contributed by atoms with Gasteiger partial charge in [-0.2, -0.15) is 8.42 Å². The van der Waals surface area contributed by atoms with Crippen molar-refractivity contribution < 1.29 is 17.4 Å². The zero-order valence-electron chi connectivity index (χ0n) is 10.4. The van der Waals surface area contributed by atoms with E-state index in [1.807, 2.05) is 12.1 Å². The molecule has 0 bridgehead atoms. The molecule has 0 aromatic heterocycles. The Morgan fingerprint density at radius 3 is 2.58 bits per heavy atom. The zero-order chi connectivity index (χ0) is 14.0. The first kappa shape index (κ1) is 14.7. The van der Waals surface area contributed by atoms with Crippen molar-refractivity contribution in [2.75, 3.05) is 19.3 Å². The van der Waals surface area contributed by atoms with E-state index in [0.717, 1.165) is 9.83 Å². The first-order valence-corrected chi connectivity index (χ1v) is 8.68. The Kier molecular flexibility index (Phi) is 4.46. The predicted octanol–water partition coefficient (Wildman–Crippen LogP) is 1.48. The predicted molar refractivity (Wildman–Crippen MR) is 79.4 cm³/mol. The normalized spacial score (nSPS) is 19.7. The summed E-state index contributed by atoms with van der Waals surface area (Å²) in [5.41, 5.74) is 0.612. The van der Waals surface area contributed by atoms with Gasteiger partial charge in [0.15, 0.2) is 0 Å². The van der Waals surface area contributed by atoms with E-state index in [0.29, 0.717) is 25.1 Å². The summed E-state index contributed by atoms with van der Waals surface area (Å²) >= 11 is 2.17. The van der Waals surface area contributed by atoms with Crippen LogP contribution in [0.15, 0.2) is 24.3 Å².